The van der Waals surface area contributed by atoms with Crippen molar-refractivity contribution in [3.8, 4) is 29.0 Å². The van der Waals surface area contributed by atoms with Gasteiger partial charge in [0.25, 0.3) is 0 Å². The van der Waals surface area contributed by atoms with E-state index in [1.54, 1.807) is 23.9 Å². The number of nitriles is 1. The van der Waals surface area contributed by atoms with Crippen LogP contribution in [0.5, 0.6) is 0 Å². The van der Waals surface area contributed by atoms with Crippen molar-refractivity contribution in [3.05, 3.63) is 89.0 Å². The molecular weight excluding hydrogens is 322 g/mol. The van der Waals surface area contributed by atoms with Gasteiger partial charge in [-0.15, -0.1) is 11.8 Å². The fourth-order valence-electron chi connectivity index (χ4n) is 2.54. The summed E-state index contributed by atoms with van der Waals surface area (Å²) in [6.45, 7) is 2.12. The Bertz CT molecular complexity index is 981. The highest BCUT2D eigenvalue weighted by molar-refractivity contribution is 7.98. The summed E-state index contributed by atoms with van der Waals surface area (Å²) in [6, 6.07) is 24.3. The SMILES string of the molecule is CSc1cc(C)ccc1-c1ccc(C#Cc2ccc(C#N)cc2)cc1. The molecule has 0 aliphatic carbocycles. The lowest BCUT2D eigenvalue weighted by Gasteiger charge is -2.08. The quantitative estimate of drug-likeness (QED) is 0.444. The molecule has 1 nitrogen and oxygen atoms in total. The lowest BCUT2D eigenvalue weighted by atomic mass is 10.0. The Morgan fingerprint density at radius 3 is 1.88 bits per heavy atom. The van der Waals surface area contributed by atoms with Gasteiger partial charge in [-0.25, -0.2) is 0 Å². The van der Waals surface area contributed by atoms with Crippen molar-refractivity contribution in [2.24, 2.45) is 0 Å². The summed E-state index contributed by atoms with van der Waals surface area (Å²) in [6.07, 6.45) is 2.11. The van der Waals surface area contributed by atoms with Crippen molar-refractivity contribution in [2.75, 3.05) is 6.26 Å². The average molecular weight is 339 g/mol. The van der Waals surface area contributed by atoms with Crippen molar-refractivity contribution < 1.29 is 0 Å². The van der Waals surface area contributed by atoms with E-state index in [-0.39, 0.29) is 0 Å². The van der Waals surface area contributed by atoms with Crippen molar-refractivity contribution >= 4 is 11.8 Å². The van der Waals surface area contributed by atoms with E-state index in [0.29, 0.717) is 5.56 Å². The number of hydrogen-bond acceptors (Lipinski definition) is 2. The highest BCUT2D eigenvalue weighted by atomic mass is 32.2. The molecule has 0 aliphatic rings. The molecule has 0 radical (unpaired) electrons. The Hall–Kier alpha value is -2.94. The first-order chi connectivity index (χ1) is 12.2. The lowest BCUT2D eigenvalue weighted by Crippen LogP contribution is -1.84. The topological polar surface area (TPSA) is 23.8 Å². The van der Waals surface area contributed by atoms with E-state index < -0.39 is 0 Å². The molecule has 0 saturated heterocycles. The summed E-state index contributed by atoms with van der Waals surface area (Å²) in [7, 11) is 0. The zero-order chi connectivity index (χ0) is 17.6. The Kier molecular flexibility index (Phi) is 5.24. The van der Waals surface area contributed by atoms with E-state index in [0.717, 1.165) is 11.1 Å². The first-order valence-electron chi connectivity index (χ1n) is 7.97. The molecule has 0 unspecified atom stereocenters. The molecule has 120 valence electrons. The maximum absolute atomic E-state index is 8.82. The zero-order valence-electron chi connectivity index (χ0n) is 14.2. The summed E-state index contributed by atoms with van der Waals surface area (Å²) >= 11 is 1.77. The monoisotopic (exact) mass is 339 g/mol. The van der Waals surface area contributed by atoms with E-state index >= 15 is 0 Å². The molecule has 0 aromatic heterocycles. The minimum atomic E-state index is 0.651. The van der Waals surface area contributed by atoms with Crippen LogP contribution >= 0.6 is 11.8 Å². The lowest BCUT2D eigenvalue weighted by molar-refractivity contribution is 1.36. The first-order valence-corrected chi connectivity index (χ1v) is 9.19. The molecule has 0 spiro atoms. The van der Waals surface area contributed by atoms with Gasteiger partial charge >= 0.3 is 0 Å². The number of thioether (sulfide) groups is 1. The predicted molar refractivity (Wildman–Crippen MR) is 106 cm³/mol. The molecule has 3 rings (SSSR count). The molecule has 0 aliphatic heterocycles. The molecule has 0 heterocycles. The largest absolute Gasteiger partial charge is 0.192 e. The van der Waals surface area contributed by atoms with Gasteiger partial charge in [-0.05, 0) is 72.3 Å². The Morgan fingerprint density at radius 2 is 1.32 bits per heavy atom. The molecular formula is C23H17NS. The molecule has 0 saturated carbocycles. The van der Waals surface area contributed by atoms with E-state index in [1.165, 1.54) is 21.6 Å². The molecule has 0 bridgehead atoms. The minimum Gasteiger partial charge on any atom is -0.192 e. The summed E-state index contributed by atoms with van der Waals surface area (Å²) < 4.78 is 0. The Morgan fingerprint density at radius 1 is 0.760 bits per heavy atom. The highest BCUT2D eigenvalue weighted by Crippen LogP contribution is 2.31. The molecule has 2 heteroatoms. The number of benzene rings is 3. The summed E-state index contributed by atoms with van der Waals surface area (Å²) in [5, 5.41) is 8.82. The molecule has 3 aromatic rings. The zero-order valence-corrected chi connectivity index (χ0v) is 15.0. The van der Waals surface area contributed by atoms with Crippen molar-refractivity contribution in [2.45, 2.75) is 11.8 Å². The van der Waals surface area contributed by atoms with Gasteiger partial charge < -0.3 is 0 Å². The number of aryl methyl sites for hydroxylation is 1. The summed E-state index contributed by atoms with van der Waals surface area (Å²) in [4.78, 5) is 1.29. The third-order valence-electron chi connectivity index (χ3n) is 3.92. The number of nitrogens with zero attached hydrogens (tertiary/aromatic N) is 1. The minimum absolute atomic E-state index is 0.651. The first kappa shape index (κ1) is 16.9. The second-order valence-corrected chi connectivity index (χ2v) is 6.57. The Balaban J connectivity index is 1.84. The highest BCUT2D eigenvalue weighted by Gasteiger charge is 2.04. The van der Waals surface area contributed by atoms with Crippen molar-refractivity contribution in [1.82, 2.24) is 0 Å². The molecule has 0 atom stereocenters. The second-order valence-electron chi connectivity index (χ2n) is 5.72. The normalized spacial score (nSPS) is 9.80. The van der Waals surface area contributed by atoms with Crippen LogP contribution in [0.1, 0.15) is 22.3 Å². The molecule has 3 aromatic carbocycles. The van der Waals surface area contributed by atoms with Crippen LogP contribution < -0.4 is 0 Å². The van der Waals surface area contributed by atoms with Gasteiger partial charge in [0.05, 0.1) is 11.6 Å². The van der Waals surface area contributed by atoms with Crippen LogP contribution in [0.3, 0.4) is 0 Å². The molecule has 0 fully saturated rings. The van der Waals surface area contributed by atoms with Crippen LogP contribution in [-0.4, -0.2) is 6.26 Å². The van der Waals surface area contributed by atoms with E-state index in [2.05, 4.69) is 73.6 Å². The van der Waals surface area contributed by atoms with Gasteiger partial charge in [-0.3, -0.25) is 0 Å². The fourth-order valence-corrected chi connectivity index (χ4v) is 3.25. The van der Waals surface area contributed by atoms with Gasteiger partial charge in [-0.1, -0.05) is 36.1 Å². The van der Waals surface area contributed by atoms with Gasteiger partial charge in [0.2, 0.25) is 0 Å². The number of hydrogen-bond donors (Lipinski definition) is 0. The van der Waals surface area contributed by atoms with E-state index in [1.807, 2.05) is 12.1 Å². The van der Waals surface area contributed by atoms with Crippen LogP contribution in [0.25, 0.3) is 11.1 Å². The van der Waals surface area contributed by atoms with Crippen LogP contribution in [0.4, 0.5) is 0 Å². The van der Waals surface area contributed by atoms with Crippen molar-refractivity contribution in [1.29, 1.82) is 5.26 Å². The van der Waals surface area contributed by atoms with Gasteiger partial charge in [0.15, 0.2) is 0 Å². The van der Waals surface area contributed by atoms with Crippen LogP contribution in [-0.2, 0) is 0 Å². The molecule has 25 heavy (non-hydrogen) atoms. The standard InChI is InChI=1S/C23H17NS/c1-17-3-14-22(23(15-17)25-2)21-12-10-19(11-13-21)5-4-18-6-8-20(16-24)9-7-18/h3,6-15H,1-2H3. The van der Waals surface area contributed by atoms with Crippen LogP contribution in [0.2, 0.25) is 0 Å². The van der Waals surface area contributed by atoms with E-state index in [4.69, 9.17) is 5.26 Å². The fraction of sp³-hybridized carbons (Fsp3) is 0.0870. The summed E-state index contributed by atoms with van der Waals surface area (Å²) in [5.74, 6) is 6.31. The third kappa shape index (κ3) is 4.13. The van der Waals surface area contributed by atoms with Gasteiger partial charge in [-0.2, -0.15) is 5.26 Å². The van der Waals surface area contributed by atoms with Gasteiger partial charge in [0.1, 0.15) is 0 Å². The van der Waals surface area contributed by atoms with Crippen molar-refractivity contribution in [3.63, 3.8) is 0 Å². The predicted octanol–water partition coefficient (Wildman–Crippen LogP) is 5.66. The smallest absolute Gasteiger partial charge is 0.0991 e. The number of rotatable bonds is 2. The van der Waals surface area contributed by atoms with Crippen LogP contribution in [0, 0.1) is 30.1 Å². The molecule has 0 amide bonds. The van der Waals surface area contributed by atoms with Gasteiger partial charge in [0, 0.05) is 16.0 Å². The van der Waals surface area contributed by atoms with Crippen LogP contribution in [0.15, 0.2) is 71.6 Å². The third-order valence-corrected chi connectivity index (χ3v) is 4.70. The average Bonchev–Trinajstić information content (AvgIpc) is 2.67. The Labute approximate surface area is 153 Å². The second kappa shape index (κ2) is 7.75. The summed E-state index contributed by atoms with van der Waals surface area (Å²) in [5.41, 5.74) is 6.27. The maximum atomic E-state index is 8.82. The van der Waals surface area contributed by atoms with E-state index in [9.17, 15) is 0 Å². The molecule has 0 N–H and O–H groups in total. The maximum Gasteiger partial charge on any atom is 0.0991 e.